The summed E-state index contributed by atoms with van der Waals surface area (Å²) in [7, 11) is 0. The highest BCUT2D eigenvalue weighted by Gasteiger charge is 2.22. The minimum atomic E-state index is -0.268. The third kappa shape index (κ3) is 4.45. The van der Waals surface area contributed by atoms with Crippen LogP contribution in [0.4, 0.5) is 4.39 Å². The van der Waals surface area contributed by atoms with Gasteiger partial charge in [0, 0.05) is 37.2 Å². The van der Waals surface area contributed by atoms with Crippen LogP contribution in [0.3, 0.4) is 0 Å². The first-order valence-electron chi connectivity index (χ1n) is 6.75. The van der Waals surface area contributed by atoms with Gasteiger partial charge in [0.15, 0.2) is 0 Å². The van der Waals surface area contributed by atoms with Crippen molar-refractivity contribution >= 4 is 0 Å². The lowest BCUT2D eigenvalue weighted by atomic mass is 10.0. The molecule has 0 spiro atoms. The Morgan fingerprint density at radius 3 is 3.05 bits per heavy atom. The molecule has 3 unspecified atom stereocenters. The van der Waals surface area contributed by atoms with Crippen LogP contribution >= 0.6 is 0 Å². The van der Waals surface area contributed by atoms with Crippen molar-refractivity contribution in [3.8, 4) is 5.75 Å². The van der Waals surface area contributed by atoms with Crippen molar-refractivity contribution in [2.45, 2.75) is 25.9 Å². The number of halogens is 1. The molecule has 1 aromatic carbocycles. The van der Waals surface area contributed by atoms with Gasteiger partial charge in [-0.3, -0.25) is 10.9 Å². The van der Waals surface area contributed by atoms with Gasteiger partial charge >= 0.3 is 0 Å². The summed E-state index contributed by atoms with van der Waals surface area (Å²) < 4.78 is 18.5. The molecule has 1 aliphatic rings. The second-order valence-electron chi connectivity index (χ2n) is 5.15. The van der Waals surface area contributed by atoms with Crippen molar-refractivity contribution in [3.63, 3.8) is 0 Å². The van der Waals surface area contributed by atoms with Gasteiger partial charge in [-0.25, -0.2) is 4.39 Å². The molecule has 106 valence electrons. The van der Waals surface area contributed by atoms with Crippen molar-refractivity contribution in [2.24, 2.45) is 5.92 Å². The van der Waals surface area contributed by atoms with Crippen LogP contribution in [-0.4, -0.2) is 31.8 Å². The number of ether oxygens (including phenoxy) is 1. The summed E-state index contributed by atoms with van der Waals surface area (Å²) in [4.78, 5) is 0. The van der Waals surface area contributed by atoms with Gasteiger partial charge in [-0.2, -0.15) is 0 Å². The summed E-state index contributed by atoms with van der Waals surface area (Å²) in [5.41, 5.74) is 6.34. The standard InChI is InChI=1S/C14H22FN3O/c1-10(16-7-12-8-17-18-11(12)2)9-19-14-5-3-4-13(15)6-14/h3-6,10-12,16-18H,7-9H2,1-2H3. The largest absolute Gasteiger partial charge is 0.492 e. The number of hydrogen-bond acceptors (Lipinski definition) is 4. The van der Waals surface area contributed by atoms with Crippen LogP contribution in [-0.2, 0) is 0 Å². The Morgan fingerprint density at radius 1 is 1.53 bits per heavy atom. The Kier molecular flexibility index (Phi) is 5.13. The molecule has 1 aromatic rings. The molecule has 0 saturated carbocycles. The van der Waals surface area contributed by atoms with Crippen LogP contribution in [0.1, 0.15) is 13.8 Å². The Balaban J connectivity index is 1.68. The maximum atomic E-state index is 13.0. The van der Waals surface area contributed by atoms with Crippen LogP contribution in [0.5, 0.6) is 5.75 Å². The molecular formula is C14H22FN3O. The number of rotatable bonds is 6. The van der Waals surface area contributed by atoms with E-state index in [-0.39, 0.29) is 11.9 Å². The van der Waals surface area contributed by atoms with Crippen molar-refractivity contribution in [2.75, 3.05) is 19.7 Å². The number of nitrogens with one attached hydrogen (secondary N) is 3. The van der Waals surface area contributed by atoms with Crippen LogP contribution in [0.25, 0.3) is 0 Å². The molecule has 1 saturated heterocycles. The van der Waals surface area contributed by atoms with Gasteiger partial charge < -0.3 is 10.1 Å². The van der Waals surface area contributed by atoms with E-state index in [0.29, 0.717) is 24.3 Å². The number of hydrogen-bond donors (Lipinski definition) is 3. The van der Waals surface area contributed by atoms with E-state index in [0.717, 1.165) is 13.1 Å². The summed E-state index contributed by atoms with van der Waals surface area (Å²) >= 11 is 0. The molecule has 0 amide bonds. The monoisotopic (exact) mass is 267 g/mol. The Bertz CT molecular complexity index is 402. The summed E-state index contributed by atoms with van der Waals surface area (Å²) in [6.07, 6.45) is 0. The molecule has 19 heavy (non-hydrogen) atoms. The third-order valence-corrected chi connectivity index (χ3v) is 3.43. The minimum absolute atomic E-state index is 0.232. The Hall–Kier alpha value is -1.17. The fourth-order valence-corrected chi connectivity index (χ4v) is 2.08. The average Bonchev–Trinajstić information content (AvgIpc) is 2.80. The summed E-state index contributed by atoms with van der Waals surface area (Å²) in [6.45, 7) is 6.69. The molecule has 1 fully saturated rings. The van der Waals surface area contributed by atoms with Gasteiger partial charge in [-0.05, 0) is 26.0 Å². The maximum Gasteiger partial charge on any atom is 0.126 e. The molecule has 0 aliphatic carbocycles. The van der Waals surface area contributed by atoms with Gasteiger partial charge in [0.2, 0.25) is 0 Å². The maximum absolute atomic E-state index is 13.0. The number of benzene rings is 1. The molecule has 4 nitrogen and oxygen atoms in total. The van der Waals surface area contributed by atoms with Crippen molar-refractivity contribution in [1.82, 2.24) is 16.2 Å². The van der Waals surface area contributed by atoms with E-state index in [4.69, 9.17) is 4.74 Å². The SMILES string of the molecule is CC(COc1cccc(F)c1)NCC1CNNC1C. The van der Waals surface area contributed by atoms with Crippen LogP contribution in [0.2, 0.25) is 0 Å². The highest BCUT2D eigenvalue weighted by Crippen LogP contribution is 2.12. The fraction of sp³-hybridized carbons (Fsp3) is 0.571. The zero-order chi connectivity index (χ0) is 13.7. The first kappa shape index (κ1) is 14.2. The lowest BCUT2D eigenvalue weighted by Crippen LogP contribution is -2.39. The van der Waals surface area contributed by atoms with E-state index in [1.807, 2.05) is 0 Å². The zero-order valence-corrected chi connectivity index (χ0v) is 11.4. The average molecular weight is 267 g/mol. The smallest absolute Gasteiger partial charge is 0.126 e. The van der Waals surface area contributed by atoms with E-state index in [2.05, 4.69) is 30.0 Å². The molecular weight excluding hydrogens is 245 g/mol. The summed E-state index contributed by atoms with van der Waals surface area (Å²) in [6, 6.07) is 6.94. The van der Waals surface area contributed by atoms with Crippen LogP contribution in [0.15, 0.2) is 24.3 Å². The quantitative estimate of drug-likeness (QED) is 0.727. The van der Waals surface area contributed by atoms with Crippen molar-refractivity contribution in [3.05, 3.63) is 30.1 Å². The molecule has 0 bridgehead atoms. The second kappa shape index (κ2) is 6.84. The third-order valence-electron chi connectivity index (χ3n) is 3.43. The highest BCUT2D eigenvalue weighted by atomic mass is 19.1. The van der Waals surface area contributed by atoms with Gasteiger partial charge in [-0.15, -0.1) is 0 Å². The van der Waals surface area contributed by atoms with E-state index in [1.54, 1.807) is 12.1 Å². The van der Waals surface area contributed by atoms with Crippen LogP contribution < -0.4 is 20.9 Å². The van der Waals surface area contributed by atoms with Crippen LogP contribution in [0, 0.1) is 11.7 Å². The highest BCUT2D eigenvalue weighted by molar-refractivity contribution is 5.22. The lowest BCUT2D eigenvalue weighted by Gasteiger charge is -2.19. The van der Waals surface area contributed by atoms with Gasteiger partial charge in [0.05, 0.1) is 0 Å². The van der Waals surface area contributed by atoms with Gasteiger partial charge in [0.1, 0.15) is 18.2 Å². The van der Waals surface area contributed by atoms with E-state index < -0.39 is 0 Å². The molecule has 3 atom stereocenters. The number of hydrazine groups is 1. The summed E-state index contributed by atoms with van der Waals surface area (Å²) in [5.74, 6) is 0.887. The van der Waals surface area contributed by atoms with E-state index in [1.165, 1.54) is 12.1 Å². The first-order valence-corrected chi connectivity index (χ1v) is 6.75. The normalized spacial score (nSPS) is 24.4. The van der Waals surface area contributed by atoms with E-state index >= 15 is 0 Å². The van der Waals surface area contributed by atoms with Crippen molar-refractivity contribution < 1.29 is 9.13 Å². The molecule has 2 rings (SSSR count). The Morgan fingerprint density at radius 2 is 2.37 bits per heavy atom. The molecule has 5 heteroatoms. The lowest BCUT2D eigenvalue weighted by molar-refractivity contribution is 0.265. The first-order chi connectivity index (χ1) is 9.15. The van der Waals surface area contributed by atoms with E-state index in [9.17, 15) is 4.39 Å². The molecule has 1 heterocycles. The molecule has 1 aliphatic heterocycles. The topological polar surface area (TPSA) is 45.3 Å². The van der Waals surface area contributed by atoms with Gasteiger partial charge in [0.25, 0.3) is 0 Å². The second-order valence-corrected chi connectivity index (χ2v) is 5.15. The molecule has 3 N–H and O–H groups in total. The van der Waals surface area contributed by atoms with Crippen molar-refractivity contribution in [1.29, 1.82) is 0 Å². The fourth-order valence-electron chi connectivity index (χ4n) is 2.08. The molecule has 0 radical (unpaired) electrons. The molecule has 0 aromatic heterocycles. The minimum Gasteiger partial charge on any atom is -0.492 e. The summed E-state index contributed by atoms with van der Waals surface area (Å²) in [5, 5.41) is 3.44. The predicted molar refractivity (Wildman–Crippen MR) is 73.5 cm³/mol. The zero-order valence-electron chi connectivity index (χ0n) is 11.4. The Labute approximate surface area is 113 Å². The predicted octanol–water partition coefficient (Wildman–Crippen LogP) is 1.30. The van der Waals surface area contributed by atoms with Gasteiger partial charge in [-0.1, -0.05) is 6.07 Å².